The number of nitrogens with one attached hydrogen (secondary N) is 2. The lowest BCUT2D eigenvalue weighted by Gasteiger charge is -2.30. The molecule has 3 aromatic carbocycles. The van der Waals surface area contributed by atoms with Crippen molar-refractivity contribution in [2.75, 3.05) is 28.7 Å². The number of nitrogens with zero attached hydrogens (tertiary/aromatic N) is 1. The fraction of sp³-hybridized carbons (Fsp3) is 0.192. The highest BCUT2D eigenvalue weighted by molar-refractivity contribution is 6.26. The van der Waals surface area contributed by atoms with Crippen LogP contribution in [0.25, 0.3) is 0 Å². The van der Waals surface area contributed by atoms with E-state index in [1.807, 2.05) is 32.0 Å². The van der Waals surface area contributed by atoms with E-state index in [1.54, 1.807) is 42.5 Å². The van der Waals surface area contributed by atoms with E-state index in [2.05, 4.69) is 10.6 Å². The summed E-state index contributed by atoms with van der Waals surface area (Å²) in [5, 5.41) is 5.53. The summed E-state index contributed by atoms with van der Waals surface area (Å²) in [5.41, 5.74) is 3.19. The lowest BCUT2D eigenvalue weighted by molar-refractivity contribution is -0.125. The Morgan fingerprint density at radius 3 is 2.41 bits per heavy atom. The van der Waals surface area contributed by atoms with Crippen LogP contribution in [0.15, 0.2) is 60.7 Å². The third-order valence-corrected chi connectivity index (χ3v) is 5.88. The number of rotatable bonds is 3. The molecule has 8 nitrogen and oxygen atoms in total. The molecule has 3 amide bonds. The largest absolute Gasteiger partial charge is 0.486 e. The van der Waals surface area contributed by atoms with Crippen molar-refractivity contribution < 1.29 is 23.9 Å². The van der Waals surface area contributed by atoms with Crippen LogP contribution in [-0.4, -0.2) is 37.0 Å². The number of fused-ring (bicyclic) bond motifs is 2. The van der Waals surface area contributed by atoms with Gasteiger partial charge < -0.3 is 20.1 Å². The van der Waals surface area contributed by atoms with Gasteiger partial charge in [-0.3, -0.25) is 19.3 Å². The molecule has 2 aliphatic rings. The highest BCUT2D eigenvalue weighted by atomic mass is 16.6. The number of hydrogen-bond acceptors (Lipinski definition) is 5. The standard InChI is InChI=1S/C26H23N3O5/c1-15-6-5-7-16(2)22(15)29-23(25(31)28-19-9-4-3-8-18(19)26(29)32)24(30)27-17-10-11-20-21(14-17)34-13-12-33-20/h3-11,14,23H,12-13H2,1-2H3,(H,27,30)(H,28,31). The predicted octanol–water partition coefficient (Wildman–Crippen LogP) is 3.68. The van der Waals surface area contributed by atoms with Crippen molar-refractivity contribution in [2.24, 2.45) is 0 Å². The molecule has 0 aliphatic carbocycles. The zero-order valence-electron chi connectivity index (χ0n) is 18.8. The second kappa shape index (κ2) is 8.55. The van der Waals surface area contributed by atoms with E-state index in [0.29, 0.717) is 47.3 Å². The van der Waals surface area contributed by atoms with E-state index in [1.165, 1.54) is 4.90 Å². The fourth-order valence-corrected chi connectivity index (χ4v) is 4.33. The lowest BCUT2D eigenvalue weighted by Crippen LogP contribution is -2.53. The molecule has 1 atom stereocenters. The van der Waals surface area contributed by atoms with Gasteiger partial charge in [0.05, 0.1) is 16.9 Å². The van der Waals surface area contributed by atoms with Crippen LogP contribution in [0, 0.1) is 13.8 Å². The van der Waals surface area contributed by atoms with Gasteiger partial charge in [0.15, 0.2) is 17.5 Å². The SMILES string of the molecule is Cc1cccc(C)c1N1C(=O)c2ccccc2NC(=O)C1C(=O)Nc1ccc2c(c1)OCCO2. The lowest BCUT2D eigenvalue weighted by atomic mass is 10.0. The average molecular weight is 457 g/mol. The van der Waals surface area contributed by atoms with Gasteiger partial charge in [0.1, 0.15) is 13.2 Å². The van der Waals surface area contributed by atoms with Gasteiger partial charge in [0.2, 0.25) is 0 Å². The van der Waals surface area contributed by atoms with Gasteiger partial charge in [-0.2, -0.15) is 0 Å². The Bertz CT molecular complexity index is 1300. The van der Waals surface area contributed by atoms with E-state index in [4.69, 9.17) is 9.47 Å². The van der Waals surface area contributed by atoms with E-state index < -0.39 is 23.8 Å². The second-order valence-electron chi connectivity index (χ2n) is 8.20. The minimum atomic E-state index is -1.44. The molecule has 172 valence electrons. The molecular formula is C26H23N3O5. The molecule has 0 bridgehead atoms. The molecule has 34 heavy (non-hydrogen) atoms. The number of aryl methyl sites for hydroxylation is 2. The van der Waals surface area contributed by atoms with Gasteiger partial charge in [-0.1, -0.05) is 30.3 Å². The first-order valence-electron chi connectivity index (χ1n) is 10.9. The van der Waals surface area contributed by atoms with E-state index in [0.717, 1.165) is 11.1 Å². The summed E-state index contributed by atoms with van der Waals surface area (Å²) < 4.78 is 11.1. The minimum absolute atomic E-state index is 0.313. The Kier molecular flexibility index (Phi) is 5.41. The summed E-state index contributed by atoms with van der Waals surface area (Å²) in [4.78, 5) is 42.0. The van der Waals surface area contributed by atoms with Crippen molar-refractivity contribution in [3.8, 4) is 11.5 Å². The van der Waals surface area contributed by atoms with Crippen molar-refractivity contribution >= 4 is 34.8 Å². The zero-order chi connectivity index (χ0) is 23.8. The number of amides is 3. The molecule has 3 aromatic rings. The van der Waals surface area contributed by atoms with Crippen molar-refractivity contribution in [1.29, 1.82) is 0 Å². The first-order chi connectivity index (χ1) is 16.4. The molecule has 0 aromatic heterocycles. The van der Waals surface area contributed by atoms with Crippen molar-refractivity contribution in [3.05, 3.63) is 77.4 Å². The summed E-state index contributed by atoms with van der Waals surface area (Å²) in [6.07, 6.45) is 0. The summed E-state index contributed by atoms with van der Waals surface area (Å²) >= 11 is 0. The maximum atomic E-state index is 13.8. The number of benzene rings is 3. The van der Waals surface area contributed by atoms with Crippen molar-refractivity contribution in [2.45, 2.75) is 19.9 Å². The number of hydrogen-bond donors (Lipinski definition) is 2. The Morgan fingerprint density at radius 1 is 0.941 bits per heavy atom. The van der Waals surface area contributed by atoms with Crippen LogP contribution in [0.4, 0.5) is 17.1 Å². The molecule has 1 unspecified atom stereocenters. The molecular weight excluding hydrogens is 434 g/mol. The van der Waals surface area contributed by atoms with Gasteiger partial charge in [-0.25, -0.2) is 0 Å². The molecule has 0 saturated heterocycles. The predicted molar refractivity (Wildman–Crippen MR) is 128 cm³/mol. The van der Waals surface area contributed by atoms with Crippen LogP contribution < -0.4 is 25.0 Å². The Hall–Kier alpha value is -4.33. The monoisotopic (exact) mass is 457 g/mol. The highest BCUT2D eigenvalue weighted by Crippen LogP contribution is 2.35. The first-order valence-corrected chi connectivity index (χ1v) is 10.9. The van der Waals surface area contributed by atoms with Gasteiger partial charge >= 0.3 is 0 Å². The molecule has 5 rings (SSSR count). The van der Waals surface area contributed by atoms with Crippen LogP contribution in [0.5, 0.6) is 11.5 Å². The molecule has 0 radical (unpaired) electrons. The van der Waals surface area contributed by atoms with Gasteiger partial charge in [-0.05, 0) is 49.2 Å². The Morgan fingerprint density at radius 2 is 1.65 bits per heavy atom. The van der Waals surface area contributed by atoms with Crippen molar-refractivity contribution in [1.82, 2.24) is 0 Å². The summed E-state index contributed by atoms with van der Waals surface area (Å²) in [5.74, 6) is -0.591. The van der Waals surface area contributed by atoms with Crippen LogP contribution >= 0.6 is 0 Å². The van der Waals surface area contributed by atoms with E-state index in [9.17, 15) is 14.4 Å². The zero-order valence-corrected chi connectivity index (χ0v) is 18.8. The minimum Gasteiger partial charge on any atom is -0.486 e. The third kappa shape index (κ3) is 3.73. The third-order valence-electron chi connectivity index (χ3n) is 5.88. The maximum Gasteiger partial charge on any atom is 0.261 e. The molecule has 2 heterocycles. The molecule has 0 saturated carbocycles. The summed E-state index contributed by atoms with van der Waals surface area (Å²) in [6, 6.07) is 15.9. The number of carbonyl (C=O) groups excluding carboxylic acids is 3. The van der Waals surface area contributed by atoms with Crippen LogP contribution in [-0.2, 0) is 9.59 Å². The fourth-order valence-electron chi connectivity index (χ4n) is 4.33. The van der Waals surface area contributed by atoms with Gasteiger partial charge in [-0.15, -0.1) is 0 Å². The average Bonchev–Trinajstić information content (AvgIpc) is 2.93. The molecule has 2 N–H and O–H groups in total. The first kappa shape index (κ1) is 21.5. The summed E-state index contributed by atoms with van der Waals surface area (Å²) in [7, 11) is 0. The quantitative estimate of drug-likeness (QED) is 0.585. The highest BCUT2D eigenvalue weighted by Gasteiger charge is 2.42. The Balaban J connectivity index is 1.58. The van der Waals surface area contributed by atoms with E-state index in [-0.39, 0.29) is 0 Å². The number of anilines is 3. The van der Waals surface area contributed by atoms with Crippen LogP contribution in [0.2, 0.25) is 0 Å². The molecule has 2 aliphatic heterocycles. The topological polar surface area (TPSA) is 97.0 Å². The van der Waals surface area contributed by atoms with E-state index >= 15 is 0 Å². The van der Waals surface area contributed by atoms with Crippen LogP contribution in [0.1, 0.15) is 21.5 Å². The molecule has 8 heteroatoms. The number of carbonyl (C=O) groups is 3. The van der Waals surface area contributed by atoms with Crippen molar-refractivity contribution in [3.63, 3.8) is 0 Å². The number of ether oxygens (including phenoxy) is 2. The maximum absolute atomic E-state index is 13.8. The molecule has 0 fully saturated rings. The molecule has 0 spiro atoms. The Labute approximate surface area is 196 Å². The van der Waals surface area contributed by atoms with Gasteiger partial charge in [0, 0.05) is 11.8 Å². The normalized spacial score (nSPS) is 16.9. The second-order valence-corrected chi connectivity index (χ2v) is 8.20. The van der Waals surface area contributed by atoms with Gasteiger partial charge in [0.25, 0.3) is 17.7 Å². The summed E-state index contributed by atoms with van der Waals surface area (Å²) in [6.45, 7) is 4.55. The number of para-hydroxylation sites is 2. The van der Waals surface area contributed by atoms with Crippen LogP contribution in [0.3, 0.4) is 0 Å². The smallest absolute Gasteiger partial charge is 0.261 e.